The van der Waals surface area contributed by atoms with Crippen molar-refractivity contribution in [3.63, 3.8) is 0 Å². The fourth-order valence-corrected chi connectivity index (χ4v) is 6.92. The molecule has 0 aliphatic heterocycles. The number of rotatable bonds is 3. The molecular formula is C30H29N2OSi+. The van der Waals surface area contributed by atoms with Crippen molar-refractivity contribution in [3.05, 3.63) is 89.4 Å². The molecule has 0 spiro atoms. The van der Waals surface area contributed by atoms with Crippen LogP contribution < -0.4 is 9.75 Å². The monoisotopic (exact) mass is 461 g/mol. The average molecular weight is 462 g/mol. The van der Waals surface area contributed by atoms with Crippen LogP contribution in [0.1, 0.15) is 11.3 Å². The van der Waals surface area contributed by atoms with E-state index >= 15 is 0 Å². The molecule has 2 aromatic heterocycles. The first-order chi connectivity index (χ1) is 16.2. The molecule has 4 heteroatoms. The quantitative estimate of drug-likeness (QED) is 0.155. The van der Waals surface area contributed by atoms with Crippen LogP contribution in [0.15, 0.2) is 71.1 Å². The van der Waals surface area contributed by atoms with Gasteiger partial charge in [0.05, 0.1) is 20.2 Å². The van der Waals surface area contributed by atoms with Gasteiger partial charge < -0.3 is 4.42 Å². The molecule has 0 saturated carbocycles. The van der Waals surface area contributed by atoms with Crippen LogP contribution in [-0.4, -0.2) is 8.07 Å². The normalized spacial score (nSPS) is 11.8. The van der Waals surface area contributed by atoms with Crippen LogP contribution in [0.5, 0.6) is 0 Å². The molecule has 0 saturated heterocycles. The van der Waals surface area contributed by atoms with E-state index in [1.54, 1.807) is 0 Å². The fourth-order valence-electron chi connectivity index (χ4n) is 5.09. The number of benzene rings is 3. The van der Waals surface area contributed by atoms with Crippen molar-refractivity contribution in [1.82, 2.24) is 0 Å². The van der Waals surface area contributed by atoms with Gasteiger partial charge in [-0.2, -0.15) is 4.57 Å². The number of aromatic nitrogens is 1. The third-order valence-corrected chi connectivity index (χ3v) is 9.05. The third kappa shape index (κ3) is 3.36. The van der Waals surface area contributed by atoms with Crippen LogP contribution in [0.25, 0.3) is 49.2 Å². The molecule has 0 aliphatic rings. The number of furan rings is 1. The summed E-state index contributed by atoms with van der Waals surface area (Å²) in [5, 5.41) is 3.60. The molecule has 168 valence electrons. The number of aryl methyl sites for hydroxylation is 1. The van der Waals surface area contributed by atoms with Gasteiger partial charge in [-0.15, -0.1) is 0 Å². The molecule has 3 nitrogen and oxygen atoms in total. The number of nitrogens with zero attached hydrogens (tertiary/aromatic N) is 2. The molecule has 34 heavy (non-hydrogen) atoms. The lowest BCUT2D eigenvalue weighted by molar-refractivity contribution is -0.665. The number of fused-ring (bicyclic) bond motifs is 3. The highest BCUT2D eigenvalue weighted by Gasteiger charge is 2.28. The molecule has 5 rings (SSSR count). The molecule has 5 aromatic rings. The molecule has 0 N–H and O–H groups in total. The summed E-state index contributed by atoms with van der Waals surface area (Å²) in [6.07, 6.45) is 0. The van der Waals surface area contributed by atoms with Gasteiger partial charge in [-0.05, 0) is 18.1 Å². The van der Waals surface area contributed by atoms with E-state index in [9.17, 15) is 0 Å². The van der Waals surface area contributed by atoms with Gasteiger partial charge in [-0.3, -0.25) is 0 Å². The van der Waals surface area contributed by atoms with Crippen LogP contribution in [0.4, 0.5) is 5.69 Å². The van der Waals surface area contributed by atoms with Crippen molar-refractivity contribution in [2.45, 2.75) is 33.5 Å². The van der Waals surface area contributed by atoms with E-state index in [4.69, 9.17) is 11.0 Å². The van der Waals surface area contributed by atoms with Gasteiger partial charge in [-0.25, -0.2) is 4.85 Å². The van der Waals surface area contributed by atoms with Crippen molar-refractivity contribution < 1.29 is 8.98 Å². The van der Waals surface area contributed by atoms with Crippen LogP contribution in [0, 0.1) is 20.4 Å². The highest BCUT2D eigenvalue weighted by molar-refractivity contribution is 6.88. The maximum Gasteiger partial charge on any atom is 0.216 e. The van der Waals surface area contributed by atoms with Crippen molar-refractivity contribution in [2.75, 3.05) is 0 Å². The second kappa shape index (κ2) is 7.97. The lowest BCUT2D eigenvalue weighted by Gasteiger charge is -2.18. The van der Waals surface area contributed by atoms with Gasteiger partial charge in [0.25, 0.3) is 0 Å². The molecule has 0 fully saturated rings. The number of hydrogen-bond donors (Lipinski definition) is 0. The minimum Gasteiger partial charge on any atom is -0.456 e. The van der Waals surface area contributed by atoms with Gasteiger partial charge in [-0.1, -0.05) is 80.3 Å². The molecule has 0 unspecified atom stereocenters. The predicted molar refractivity (Wildman–Crippen MR) is 144 cm³/mol. The van der Waals surface area contributed by atoms with Crippen LogP contribution in [0.2, 0.25) is 19.6 Å². The first kappa shape index (κ1) is 22.1. The summed E-state index contributed by atoms with van der Waals surface area (Å²) < 4.78 is 9.00. The van der Waals surface area contributed by atoms with Crippen LogP contribution >= 0.6 is 0 Å². The largest absolute Gasteiger partial charge is 0.456 e. The van der Waals surface area contributed by atoms with Crippen molar-refractivity contribution >= 4 is 40.9 Å². The standard InChI is InChI=1S/C30H29N2OSi/c1-19-13-14-22-23-15-16-24(31-3)28(21-11-9-8-10-12-21)30(23)33-29(22)27(19)25-17-18-26(34(5,6)7)20(2)32(25)4/h8-18H,1-2,4-7H3/q+1. The molecule has 0 aliphatic carbocycles. The first-order valence-electron chi connectivity index (χ1n) is 11.6. The maximum absolute atomic E-state index is 7.76. The summed E-state index contributed by atoms with van der Waals surface area (Å²) in [6, 6.07) is 22.9. The van der Waals surface area contributed by atoms with E-state index in [1.807, 2.05) is 42.5 Å². The predicted octanol–water partition coefficient (Wildman–Crippen LogP) is 7.46. The van der Waals surface area contributed by atoms with Gasteiger partial charge in [0.1, 0.15) is 18.2 Å². The zero-order valence-electron chi connectivity index (χ0n) is 20.7. The number of hydrogen-bond acceptors (Lipinski definition) is 1. The molecular weight excluding hydrogens is 432 g/mol. The van der Waals surface area contributed by atoms with Crippen LogP contribution in [-0.2, 0) is 7.05 Å². The smallest absolute Gasteiger partial charge is 0.216 e. The Kier molecular flexibility index (Phi) is 5.19. The molecule has 2 heterocycles. The van der Waals surface area contributed by atoms with Gasteiger partial charge in [0.15, 0.2) is 11.4 Å². The highest BCUT2D eigenvalue weighted by atomic mass is 28.3. The highest BCUT2D eigenvalue weighted by Crippen LogP contribution is 2.44. The van der Waals surface area contributed by atoms with Gasteiger partial charge in [0, 0.05) is 34.5 Å². The molecule has 0 radical (unpaired) electrons. The van der Waals surface area contributed by atoms with E-state index in [0.29, 0.717) is 5.69 Å². The molecule has 0 atom stereocenters. The lowest BCUT2D eigenvalue weighted by Crippen LogP contribution is -2.49. The van der Waals surface area contributed by atoms with Crippen molar-refractivity contribution in [2.24, 2.45) is 7.05 Å². The van der Waals surface area contributed by atoms with E-state index in [-0.39, 0.29) is 0 Å². The topological polar surface area (TPSA) is 21.4 Å². The summed E-state index contributed by atoms with van der Waals surface area (Å²) in [6.45, 7) is 19.3. The summed E-state index contributed by atoms with van der Waals surface area (Å²) in [5.41, 5.74) is 8.87. The Bertz CT molecular complexity index is 1620. The zero-order chi connectivity index (χ0) is 24.2. The van der Waals surface area contributed by atoms with E-state index < -0.39 is 8.07 Å². The summed E-state index contributed by atoms with van der Waals surface area (Å²) in [4.78, 5) is 3.81. The van der Waals surface area contributed by atoms with E-state index in [0.717, 1.165) is 44.3 Å². The molecule has 3 aromatic carbocycles. The second-order valence-corrected chi connectivity index (χ2v) is 15.1. The SMILES string of the molecule is [C-]#[N+]c1ccc2c(oc3c(-c4ccc([Si](C)(C)C)c(C)[n+]4C)c(C)ccc32)c1-c1ccccc1. The van der Waals surface area contributed by atoms with Gasteiger partial charge >= 0.3 is 0 Å². The maximum atomic E-state index is 7.76. The Balaban J connectivity index is 1.87. The third-order valence-electron chi connectivity index (χ3n) is 6.91. The Hall–Kier alpha value is -3.68. The van der Waals surface area contributed by atoms with E-state index in [2.05, 4.69) is 74.2 Å². The van der Waals surface area contributed by atoms with E-state index in [1.165, 1.54) is 16.4 Å². The number of pyridine rings is 1. The van der Waals surface area contributed by atoms with Crippen molar-refractivity contribution in [3.8, 4) is 22.4 Å². The fraction of sp³-hybridized carbons (Fsp3) is 0.200. The minimum absolute atomic E-state index is 0.608. The lowest BCUT2D eigenvalue weighted by atomic mass is 9.98. The Morgan fingerprint density at radius 3 is 2.09 bits per heavy atom. The Morgan fingerprint density at radius 1 is 0.794 bits per heavy atom. The zero-order valence-corrected chi connectivity index (χ0v) is 21.7. The van der Waals surface area contributed by atoms with Gasteiger partial charge in [0.2, 0.25) is 5.69 Å². The molecule has 0 amide bonds. The Morgan fingerprint density at radius 2 is 1.44 bits per heavy atom. The minimum atomic E-state index is -1.45. The average Bonchev–Trinajstić information content (AvgIpc) is 3.18. The summed E-state index contributed by atoms with van der Waals surface area (Å²) in [7, 11) is 0.700. The second-order valence-electron chi connectivity index (χ2n) is 10.1. The van der Waals surface area contributed by atoms with Crippen molar-refractivity contribution in [1.29, 1.82) is 0 Å². The first-order valence-corrected chi connectivity index (χ1v) is 15.1. The molecule has 0 bridgehead atoms. The summed E-state index contributed by atoms with van der Waals surface area (Å²) in [5.74, 6) is 0. The van der Waals surface area contributed by atoms with Crippen LogP contribution in [0.3, 0.4) is 0 Å². The Labute approximate surface area is 202 Å². The summed E-state index contributed by atoms with van der Waals surface area (Å²) >= 11 is 0.